The molecule has 0 aliphatic carbocycles. The van der Waals surface area contributed by atoms with Crippen molar-refractivity contribution >= 4 is 33.6 Å². The number of amides is 1. The quantitative estimate of drug-likeness (QED) is 0.693. The lowest BCUT2D eigenvalue weighted by atomic mass is 10.2. The zero-order valence-corrected chi connectivity index (χ0v) is 12.7. The van der Waals surface area contributed by atoms with Crippen LogP contribution < -0.4 is 5.32 Å². The Morgan fingerprint density at radius 3 is 2.95 bits per heavy atom. The van der Waals surface area contributed by atoms with Gasteiger partial charge in [-0.05, 0) is 48.0 Å². The molecule has 0 spiro atoms. The highest BCUT2D eigenvalue weighted by Crippen LogP contribution is 2.15. The minimum Gasteiger partial charge on any atom is -0.349 e. The van der Waals surface area contributed by atoms with Crippen molar-refractivity contribution in [3.8, 4) is 6.07 Å². The normalized spacial score (nSPS) is 11.7. The number of fused-ring (bicyclic) bond motifs is 1. The lowest BCUT2D eigenvalue weighted by molar-refractivity contribution is -0.117. The van der Waals surface area contributed by atoms with Crippen LogP contribution >= 0.6 is 15.9 Å². The molecule has 1 N–H and O–H groups in total. The third kappa shape index (κ3) is 3.06. The second-order valence-corrected chi connectivity index (χ2v) is 5.47. The summed E-state index contributed by atoms with van der Waals surface area (Å²) in [5, 5.41) is 11.8. The number of carbonyl (C=O) groups is 1. The molecule has 0 aliphatic heterocycles. The van der Waals surface area contributed by atoms with Gasteiger partial charge in [-0.15, -0.1) is 0 Å². The highest BCUT2D eigenvalue weighted by Gasteiger charge is 2.11. The number of nitrogens with zero attached hydrogens (tertiary/aromatic N) is 3. The van der Waals surface area contributed by atoms with Gasteiger partial charge in [0.25, 0.3) is 5.91 Å². The first-order valence-corrected chi connectivity index (χ1v) is 6.86. The molecule has 5 nitrogen and oxygen atoms in total. The zero-order chi connectivity index (χ0) is 14.7. The van der Waals surface area contributed by atoms with Gasteiger partial charge in [-0.2, -0.15) is 5.26 Å². The van der Waals surface area contributed by atoms with E-state index in [1.165, 1.54) is 6.08 Å². The largest absolute Gasteiger partial charge is 0.349 e. The number of carbonyl (C=O) groups excluding carboxylic acids is 1. The number of rotatable bonds is 3. The summed E-state index contributed by atoms with van der Waals surface area (Å²) < 4.78 is 2.70. The first-order valence-electron chi connectivity index (χ1n) is 6.06. The van der Waals surface area contributed by atoms with Crippen molar-refractivity contribution in [3.63, 3.8) is 0 Å². The molecule has 0 aliphatic rings. The van der Waals surface area contributed by atoms with Crippen LogP contribution in [0.3, 0.4) is 0 Å². The van der Waals surface area contributed by atoms with Gasteiger partial charge in [0.05, 0.1) is 11.9 Å². The smallest absolute Gasteiger partial charge is 0.262 e. The maximum Gasteiger partial charge on any atom is 0.262 e. The summed E-state index contributed by atoms with van der Waals surface area (Å²) in [6.45, 7) is 3.69. The molecular weight excluding hydrogens is 320 g/mol. The molecule has 0 saturated heterocycles. The van der Waals surface area contributed by atoms with Crippen LogP contribution in [0.1, 0.15) is 19.5 Å². The number of hydrogen-bond acceptors (Lipinski definition) is 3. The summed E-state index contributed by atoms with van der Waals surface area (Å²) in [6.07, 6.45) is 5.00. The van der Waals surface area contributed by atoms with Gasteiger partial charge >= 0.3 is 0 Å². The second kappa shape index (κ2) is 5.88. The zero-order valence-electron chi connectivity index (χ0n) is 11.1. The fourth-order valence-electron chi connectivity index (χ4n) is 1.72. The van der Waals surface area contributed by atoms with E-state index in [9.17, 15) is 4.79 Å². The Kier molecular flexibility index (Phi) is 4.20. The van der Waals surface area contributed by atoms with E-state index in [4.69, 9.17) is 5.26 Å². The predicted octanol–water partition coefficient (Wildman–Crippen LogP) is 2.53. The van der Waals surface area contributed by atoms with Crippen LogP contribution in [0.5, 0.6) is 0 Å². The summed E-state index contributed by atoms with van der Waals surface area (Å²) >= 11 is 3.38. The Morgan fingerprint density at radius 2 is 2.30 bits per heavy atom. The molecular formula is C14H13BrN4O. The third-order valence-corrected chi connectivity index (χ3v) is 3.04. The Hall–Kier alpha value is -2.13. The van der Waals surface area contributed by atoms with Crippen LogP contribution in [0.4, 0.5) is 0 Å². The van der Waals surface area contributed by atoms with Crippen molar-refractivity contribution < 1.29 is 4.79 Å². The first-order chi connectivity index (χ1) is 9.51. The Balaban J connectivity index is 2.42. The van der Waals surface area contributed by atoms with Gasteiger partial charge in [-0.1, -0.05) is 0 Å². The highest BCUT2D eigenvalue weighted by molar-refractivity contribution is 9.10. The van der Waals surface area contributed by atoms with Gasteiger partial charge in [-0.3, -0.25) is 9.20 Å². The minimum absolute atomic E-state index is 0.0180. The molecule has 6 heteroatoms. The van der Waals surface area contributed by atoms with Crippen molar-refractivity contribution in [1.82, 2.24) is 14.7 Å². The van der Waals surface area contributed by atoms with Gasteiger partial charge in [0, 0.05) is 16.7 Å². The molecule has 0 radical (unpaired) electrons. The number of hydrogen-bond donors (Lipinski definition) is 1. The SMILES string of the molecule is CC(C)NC(=O)C(C#N)=Cc1cnc2ccc(Br)cn12. The summed E-state index contributed by atoms with van der Waals surface area (Å²) in [5.74, 6) is -0.382. The molecule has 0 unspecified atom stereocenters. The molecule has 2 rings (SSSR count). The highest BCUT2D eigenvalue weighted by atomic mass is 79.9. The van der Waals surface area contributed by atoms with Crippen molar-refractivity contribution in [1.29, 1.82) is 5.26 Å². The van der Waals surface area contributed by atoms with Crippen molar-refractivity contribution in [2.24, 2.45) is 0 Å². The van der Waals surface area contributed by atoms with E-state index in [1.807, 2.05) is 42.6 Å². The van der Waals surface area contributed by atoms with Crippen LogP contribution in [-0.2, 0) is 4.79 Å². The molecule has 102 valence electrons. The van der Waals surface area contributed by atoms with E-state index in [-0.39, 0.29) is 17.5 Å². The molecule has 0 fully saturated rings. The third-order valence-electron chi connectivity index (χ3n) is 2.58. The molecule has 2 heterocycles. The number of nitriles is 1. The monoisotopic (exact) mass is 332 g/mol. The van der Waals surface area contributed by atoms with E-state index in [1.54, 1.807) is 6.20 Å². The van der Waals surface area contributed by atoms with E-state index in [2.05, 4.69) is 26.2 Å². The lowest BCUT2D eigenvalue weighted by Gasteiger charge is -2.06. The van der Waals surface area contributed by atoms with Gasteiger partial charge in [0.1, 0.15) is 17.3 Å². The number of nitrogens with one attached hydrogen (secondary N) is 1. The minimum atomic E-state index is -0.382. The fourth-order valence-corrected chi connectivity index (χ4v) is 2.05. The van der Waals surface area contributed by atoms with E-state index < -0.39 is 0 Å². The molecule has 20 heavy (non-hydrogen) atoms. The second-order valence-electron chi connectivity index (χ2n) is 4.56. The summed E-state index contributed by atoms with van der Waals surface area (Å²) in [6, 6.07) is 5.63. The maximum atomic E-state index is 11.9. The van der Waals surface area contributed by atoms with Gasteiger partial charge < -0.3 is 5.32 Å². The van der Waals surface area contributed by atoms with Gasteiger partial charge in [0.15, 0.2) is 0 Å². The van der Waals surface area contributed by atoms with Crippen LogP contribution in [-0.4, -0.2) is 21.3 Å². The molecule has 1 amide bonds. The van der Waals surface area contributed by atoms with E-state index in [0.29, 0.717) is 5.69 Å². The average molecular weight is 333 g/mol. The summed E-state index contributed by atoms with van der Waals surface area (Å²) in [5.41, 5.74) is 1.48. The van der Waals surface area contributed by atoms with Crippen molar-refractivity contribution in [2.75, 3.05) is 0 Å². The Morgan fingerprint density at radius 1 is 1.55 bits per heavy atom. The molecule has 0 atom stereocenters. The topological polar surface area (TPSA) is 70.2 Å². The van der Waals surface area contributed by atoms with Gasteiger partial charge in [0.2, 0.25) is 0 Å². The fraction of sp³-hybridized carbons (Fsp3) is 0.214. The summed E-state index contributed by atoms with van der Waals surface area (Å²) in [4.78, 5) is 16.1. The Bertz CT molecular complexity index is 724. The van der Waals surface area contributed by atoms with E-state index in [0.717, 1.165) is 10.1 Å². The molecule has 2 aromatic heterocycles. The number of pyridine rings is 1. The summed E-state index contributed by atoms with van der Waals surface area (Å²) in [7, 11) is 0. The molecule has 0 saturated carbocycles. The number of halogens is 1. The molecule has 0 aromatic carbocycles. The lowest BCUT2D eigenvalue weighted by Crippen LogP contribution is -2.30. The molecule has 0 bridgehead atoms. The van der Waals surface area contributed by atoms with Crippen molar-refractivity contribution in [2.45, 2.75) is 19.9 Å². The van der Waals surface area contributed by atoms with Crippen molar-refractivity contribution in [3.05, 3.63) is 40.3 Å². The predicted molar refractivity (Wildman–Crippen MR) is 79.8 cm³/mol. The average Bonchev–Trinajstić information content (AvgIpc) is 2.77. The van der Waals surface area contributed by atoms with E-state index >= 15 is 0 Å². The van der Waals surface area contributed by atoms with Crippen LogP contribution in [0.15, 0.2) is 34.6 Å². The molecule has 2 aromatic rings. The van der Waals surface area contributed by atoms with Gasteiger partial charge in [-0.25, -0.2) is 4.98 Å². The standard InChI is InChI=1S/C14H13BrN4O/c1-9(2)18-14(20)10(6-16)5-12-7-17-13-4-3-11(15)8-19(12)13/h3-5,7-9H,1-2H3,(H,18,20). The van der Waals surface area contributed by atoms with Crippen LogP contribution in [0, 0.1) is 11.3 Å². The van der Waals surface area contributed by atoms with Crippen LogP contribution in [0.25, 0.3) is 11.7 Å². The number of aromatic nitrogens is 2. The van der Waals surface area contributed by atoms with Crippen LogP contribution in [0.2, 0.25) is 0 Å². The number of imidazole rings is 1. The first kappa shape index (κ1) is 14.3. The maximum absolute atomic E-state index is 11.9. The Labute approximate surface area is 125 Å².